The highest BCUT2D eigenvalue weighted by atomic mass is 32.1. The van der Waals surface area contributed by atoms with Crippen LogP contribution < -0.4 is 14.4 Å². The lowest BCUT2D eigenvalue weighted by atomic mass is 10.2. The molecule has 5 nitrogen and oxygen atoms in total. The average molecular weight is 417 g/mol. The van der Waals surface area contributed by atoms with Gasteiger partial charge in [0.05, 0.1) is 16.8 Å². The number of carbonyl (C=O) groups is 1. The van der Waals surface area contributed by atoms with E-state index in [1.807, 2.05) is 79.7 Å². The number of benzene rings is 3. The first-order valence-corrected chi connectivity index (χ1v) is 10.6. The van der Waals surface area contributed by atoms with Crippen molar-refractivity contribution in [2.75, 3.05) is 11.5 Å². The number of thiazole rings is 1. The SMILES string of the molecule is Cc1cccc2sc(N(Cc3ccccc3)C(=O)C3COc4ccccc4O3)nc12. The van der Waals surface area contributed by atoms with Crippen molar-refractivity contribution < 1.29 is 14.3 Å². The maximum atomic E-state index is 13.6. The number of para-hydroxylation sites is 3. The van der Waals surface area contributed by atoms with E-state index in [1.165, 1.54) is 11.3 Å². The summed E-state index contributed by atoms with van der Waals surface area (Å²) in [4.78, 5) is 20.1. The normalized spacial score (nSPS) is 15.2. The molecule has 1 atom stereocenters. The van der Waals surface area contributed by atoms with Crippen molar-refractivity contribution in [3.8, 4) is 11.5 Å². The Morgan fingerprint density at radius 1 is 1.03 bits per heavy atom. The van der Waals surface area contributed by atoms with Crippen LogP contribution in [-0.4, -0.2) is 23.6 Å². The maximum absolute atomic E-state index is 13.6. The second-order valence-corrected chi connectivity index (χ2v) is 8.20. The molecule has 1 amide bonds. The summed E-state index contributed by atoms with van der Waals surface area (Å²) in [5, 5.41) is 0.663. The number of nitrogens with zero attached hydrogens (tertiary/aromatic N) is 2. The van der Waals surface area contributed by atoms with Crippen molar-refractivity contribution in [2.45, 2.75) is 19.6 Å². The summed E-state index contributed by atoms with van der Waals surface area (Å²) in [5.74, 6) is 1.08. The van der Waals surface area contributed by atoms with Crippen molar-refractivity contribution in [3.05, 3.63) is 83.9 Å². The van der Waals surface area contributed by atoms with Crippen molar-refractivity contribution in [2.24, 2.45) is 0 Å². The van der Waals surface area contributed by atoms with Crippen molar-refractivity contribution in [1.82, 2.24) is 4.98 Å². The number of anilines is 1. The van der Waals surface area contributed by atoms with Crippen molar-refractivity contribution >= 4 is 32.6 Å². The molecule has 0 aliphatic carbocycles. The number of hydrogen-bond donors (Lipinski definition) is 0. The minimum absolute atomic E-state index is 0.162. The monoisotopic (exact) mass is 416 g/mol. The number of amides is 1. The Balaban J connectivity index is 1.50. The van der Waals surface area contributed by atoms with E-state index in [2.05, 4.69) is 0 Å². The molecule has 0 saturated heterocycles. The van der Waals surface area contributed by atoms with E-state index in [1.54, 1.807) is 4.90 Å². The topological polar surface area (TPSA) is 51.7 Å². The maximum Gasteiger partial charge on any atom is 0.273 e. The van der Waals surface area contributed by atoms with Gasteiger partial charge in [0, 0.05) is 0 Å². The van der Waals surface area contributed by atoms with Crippen LogP contribution in [0.4, 0.5) is 5.13 Å². The highest BCUT2D eigenvalue weighted by Gasteiger charge is 2.33. The summed E-state index contributed by atoms with van der Waals surface area (Å²) in [6.07, 6.45) is -0.725. The summed E-state index contributed by atoms with van der Waals surface area (Å²) in [6.45, 7) is 2.62. The Bertz CT molecular complexity index is 1210. The number of hydrogen-bond acceptors (Lipinski definition) is 5. The van der Waals surface area contributed by atoms with E-state index in [0.717, 1.165) is 21.3 Å². The summed E-state index contributed by atoms with van der Waals surface area (Å²) < 4.78 is 12.8. The van der Waals surface area contributed by atoms with Gasteiger partial charge < -0.3 is 9.47 Å². The van der Waals surface area contributed by atoms with Gasteiger partial charge in [-0.05, 0) is 36.2 Å². The Morgan fingerprint density at radius 3 is 2.60 bits per heavy atom. The molecule has 4 aromatic rings. The third-order valence-corrected chi connectivity index (χ3v) is 6.12. The Kier molecular flexibility index (Phi) is 4.85. The van der Waals surface area contributed by atoms with Gasteiger partial charge in [-0.15, -0.1) is 0 Å². The average Bonchev–Trinajstić information content (AvgIpc) is 3.23. The lowest BCUT2D eigenvalue weighted by Crippen LogP contribution is -2.46. The minimum Gasteiger partial charge on any atom is -0.485 e. The molecule has 2 heterocycles. The molecular weight excluding hydrogens is 396 g/mol. The fourth-order valence-electron chi connectivity index (χ4n) is 3.51. The molecule has 1 unspecified atom stereocenters. The molecule has 0 saturated carbocycles. The predicted octanol–water partition coefficient (Wildman–Crippen LogP) is 4.98. The fraction of sp³-hybridized carbons (Fsp3) is 0.167. The van der Waals surface area contributed by atoms with E-state index in [4.69, 9.17) is 14.5 Å². The van der Waals surface area contributed by atoms with Crippen molar-refractivity contribution in [1.29, 1.82) is 0 Å². The zero-order valence-electron chi connectivity index (χ0n) is 16.4. The van der Waals surface area contributed by atoms with Gasteiger partial charge >= 0.3 is 0 Å². The summed E-state index contributed by atoms with van der Waals surface area (Å²) >= 11 is 1.51. The highest BCUT2D eigenvalue weighted by Crippen LogP contribution is 2.34. The standard InChI is InChI=1S/C24H20N2O3S/c1-16-8-7-13-21-22(16)25-24(30-21)26(14-17-9-3-2-4-10-17)23(27)20-15-28-18-11-5-6-12-19(18)29-20/h2-13,20H,14-15H2,1H3. The molecule has 0 radical (unpaired) electrons. The van der Waals surface area contributed by atoms with Gasteiger partial charge in [0.1, 0.15) is 6.61 Å². The third-order valence-electron chi connectivity index (χ3n) is 5.07. The molecule has 0 N–H and O–H groups in total. The van der Waals surface area contributed by atoms with Gasteiger partial charge in [-0.1, -0.05) is 65.9 Å². The number of fused-ring (bicyclic) bond motifs is 2. The molecule has 0 spiro atoms. The van der Waals surface area contributed by atoms with Crippen LogP contribution >= 0.6 is 11.3 Å². The van der Waals surface area contributed by atoms with Crippen molar-refractivity contribution in [3.63, 3.8) is 0 Å². The molecular formula is C24H20N2O3S. The molecule has 150 valence electrons. The molecule has 1 aromatic heterocycles. The van der Waals surface area contributed by atoms with Crippen LogP contribution in [0.3, 0.4) is 0 Å². The van der Waals surface area contributed by atoms with E-state index in [0.29, 0.717) is 23.2 Å². The van der Waals surface area contributed by atoms with Gasteiger partial charge in [-0.3, -0.25) is 9.69 Å². The molecule has 0 fully saturated rings. The number of ether oxygens (including phenoxy) is 2. The van der Waals surface area contributed by atoms with Crippen LogP contribution in [0.2, 0.25) is 0 Å². The van der Waals surface area contributed by atoms with Crippen LogP contribution in [0.25, 0.3) is 10.2 Å². The summed E-state index contributed by atoms with van der Waals surface area (Å²) in [5.41, 5.74) is 3.04. The van der Waals surface area contributed by atoms with Crippen LogP contribution in [0, 0.1) is 6.92 Å². The third kappa shape index (κ3) is 3.50. The molecule has 5 rings (SSSR count). The highest BCUT2D eigenvalue weighted by molar-refractivity contribution is 7.22. The number of rotatable bonds is 4. The molecule has 30 heavy (non-hydrogen) atoms. The fourth-order valence-corrected chi connectivity index (χ4v) is 4.56. The Morgan fingerprint density at radius 2 is 1.80 bits per heavy atom. The zero-order valence-corrected chi connectivity index (χ0v) is 17.3. The van der Waals surface area contributed by atoms with Gasteiger partial charge in [-0.2, -0.15) is 0 Å². The lowest BCUT2D eigenvalue weighted by molar-refractivity contribution is -0.127. The van der Waals surface area contributed by atoms with Gasteiger partial charge in [0.15, 0.2) is 16.6 Å². The molecule has 0 bridgehead atoms. The minimum atomic E-state index is -0.725. The van der Waals surface area contributed by atoms with E-state index < -0.39 is 6.10 Å². The van der Waals surface area contributed by atoms with Crippen LogP contribution in [-0.2, 0) is 11.3 Å². The summed E-state index contributed by atoms with van der Waals surface area (Å²) in [7, 11) is 0. The number of carbonyl (C=O) groups excluding carboxylic acids is 1. The van der Waals surface area contributed by atoms with Gasteiger partial charge in [-0.25, -0.2) is 4.98 Å². The molecule has 6 heteroatoms. The first-order chi connectivity index (χ1) is 14.7. The van der Waals surface area contributed by atoms with Gasteiger partial charge in [0.2, 0.25) is 6.10 Å². The molecule has 1 aliphatic heterocycles. The zero-order chi connectivity index (χ0) is 20.5. The lowest BCUT2D eigenvalue weighted by Gasteiger charge is -2.29. The van der Waals surface area contributed by atoms with Crippen LogP contribution in [0.15, 0.2) is 72.8 Å². The molecule has 1 aliphatic rings. The van der Waals surface area contributed by atoms with Crippen LogP contribution in [0.1, 0.15) is 11.1 Å². The Hall–Kier alpha value is -3.38. The molecule has 3 aromatic carbocycles. The van der Waals surface area contributed by atoms with Gasteiger partial charge in [0.25, 0.3) is 5.91 Å². The van der Waals surface area contributed by atoms with E-state index in [-0.39, 0.29) is 12.5 Å². The smallest absolute Gasteiger partial charge is 0.273 e. The Labute approximate surface area is 178 Å². The number of aryl methyl sites for hydroxylation is 1. The first-order valence-electron chi connectivity index (χ1n) is 9.79. The largest absolute Gasteiger partial charge is 0.485 e. The first kappa shape index (κ1) is 18.6. The second kappa shape index (κ2) is 7.80. The van der Waals surface area contributed by atoms with E-state index >= 15 is 0 Å². The quantitative estimate of drug-likeness (QED) is 0.471. The predicted molar refractivity (Wildman–Crippen MR) is 118 cm³/mol. The van der Waals surface area contributed by atoms with E-state index in [9.17, 15) is 4.79 Å². The number of aromatic nitrogens is 1. The summed E-state index contributed by atoms with van der Waals surface area (Å²) in [6, 6.07) is 23.4. The van der Waals surface area contributed by atoms with Crippen LogP contribution in [0.5, 0.6) is 11.5 Å². The second-order valence-electron chi connectivity index (χ2n) is 7.19.